The van der Waals surface area contributed by atoms with Crippen LogP contribution in [0.25, 0.3) is 0 Å². The molecule has 2 aromatic carbocycles. The number of hydrogen-bond acceptors (Lipinski definition) is 3. The molecular formula is C22H27ClN4O2. The molecule has 7 heteroatoms. The zero-order valence-electron chi connectivity index (χ0n) is 16.5. The molecule has 154 valence electrons. The molecule has 0 unspecified atom stereocenters. The minimum absolute atomic E-state index is 0. The van der Waals surface area contributed by atoms with Gasteiger partial charge >= 0.3 is 6.03 Å². The molecule has 4 rings (SSSR count). The number of carbonyl (C=O) groups is 2. The SMILES string of the molecule is Cc1c(C(=O)N2C[C@@H](CN)[C@H](c3ccccc3)C2)cccc1N1CCNC1=O.Cl. The van der Waals surface area contributed by atoms with Crippen molar-refractivity contribution in [1.82, 2.24) is 10.2 Å². The number of anilines is 1. The first-order valence-electron chi connectivity index (χ1n) is 9.79. The first-order chi connectivity index (χ1) is 13.6. The molecule has 2 saturated heterocycles. The van der Waals surface area contributed by atoms with Crippen LogP contribution < -0.4 is 16.0 Å². The molecule has 29 heavy (non-hydrogen) atoms. The molecule has 6 nitrogen and oxygen atoms in total. The maximum atomic E-state index is 13.3. The average molecular weight is 415 g/mol. The molecule has 2 fully saturated rings. The Morgan fingerprint density at radius 3 is 2.55 bits per heavy atom. The molecule has 2 heterocycles. The number of benzene rings is 2. The lowest BCUT2D eigenvalue weighted by atomic mass is 9.89. The number of amides is 3. The van der Waals surface area contributed by atoms with Crippen molar-refractivity contribution in [3.63, 3.8) is 0 Å². The molecule has 0 aliphatic carbocycles. The Bertz CT molecular complexity index is 890. The van der Waals surface area contributed by atoms with Crippen LogP contribution in [-0.2, 0) is 0 Å². The van der Waals surface area contributed by atoms with Crippen LogP contribution in [0.2, 0.25) is 0 Å². The largest absolute Gasteiger partial charge is 0.338 e. The number of carbonyl (C=O) groups excluding carboxylic acids is 2. The van der Waals surface area contributed by atoms with E-state index in [1.54, 1.807) is 4.90 Å². The normalized spacial score (nSPS) is 21.1. The fourth-order valence-electron chi connectivity index (χ4n) is 4.37. The van der Waals surface area contributed by atoms with E-state index in [-0.39, 0.29) is 36.2 Å². The number of nitrogens with one attached hydrogen (secondary N) is 1. The minimum atomic E-state index is -0.110. The summed E-state index contributed by atoms with van der Waals surface area (Å²) in [5.41, 5.74) is 9.55. The van der Waals surface area contributed by atoms with Crippen molar-refractivity contribution in [3.05, 3.63) is 65.2 Å². The predicted octanol–water partition coefficient (Wildman–Crippen LogP) is 2.76. The summed E-state index contributed by atoms with van der Waals surface area (Å²) in [6, 6.07) is 15.8. The quantitative estimate of drug-likeness (QED) is 0.807. The van der Waals surface area contributed by atoms with Crippen molar-refractivity contribution in [2.75, 3.05) is 37.6 Å². The van der Waals surface area contributed by atoms with E-state index in [1.807, 2.05) is 48.2 Å². The van der Waals surface area contributed by atoms with E-state index in [9.17, 15) is 9.59 Å². The molecule has 2 aromatic rings. The molecule has 3 amide bonds. The van der Waals surface area contributed by atoms with Gasteiger partial charge in [-0.1, -0.05) is 36.4 Å². The van der Waals surface area contributed by atoms with Crippen molar-refractivity contribution in [3.8, 4) is 0 Å². The van der Waals surface area contributed by atoms with Gasteiger partial charge in [0.05, 0.1) is 0 Å². The van der Waals surface area contributed by atoms with Crippen LogP contribution in [0.3, 0.4) is 0 Å². The van der Waals surface area contributed by atoms with Crippen LogP contribution in [-0.4, -0.2) is 49.6 Å². The summed E-state index contributed by atoms with van der Waals surface area (Å²) >= 11 is 0. The van der Waals surface area contributed by atoms with Crippen molar-refractivity contribution >= 4 is 30.0 Å². The highest BCUT2D eigenvalue weighted by molar-refractivity contribution is 6.00. The molecule has 2 aliphatic rings. The average Bonchev–Trinajstić information content (AvgIpc) is 3.34. The van der Waals surface area contributed by atoms with Gasteiger partial charge in [-0.2, -0.15) is 0 Å². The van der Waals surface area contributed by atoms with Gasteiger partial charge < -0.3 is 16.0 Å². The Labute approximate surface area is 177 Å². The zero-order valence-corrected chi connectivity index (χ0v) is 17.3. The van der Waals surface area contributed by atoms with E-state index in [0.29, 0.717) is 38.3 Å². The summed E-state index contributed by atoms with van der Waals surface area (Å²) < 4.78 is 0. The van der Waals surface area contributed by atoms with Crippen LogP contribution in [0.1, 0.15) is 27.4 Å². The Balaban J connectivity index is 0.00000240. The highest BCUT2D eigenvalue weighted by Gasteiger charge is 2.36. The summed E-state index contributed by atoms with van der Waals surface area (Å²) in [5.74, 6) is 0.512. The molecule has 0 spiro atoms. The van der Waals surface area contributed by atoms with Gasteiger partial charge in [-0.3, -0.25) is 9.69 Å². The Kier molecular flexibility index (Phi) is 6.45. The third-order valence-corrected chi connectivity index (χ3v) is 5.94. The lowest BCUT2D eigenvalue weighted by Gasteiger charge is -2.22. The third kappa shape index (κ3) is 3.95. The van der Waals surface area contributed by atoms with E-state index in [4.69, 9.17) is 5.73 Å². The van der Waals surface area contributed by atoms with Crippen molar-refractivity contribution in [1.29, 1.82) is 0 Å². The second kappa shape index (κ2) is 8.84. The highest BCUT2D eigenvalue weighted by atomic mass is 35.5. The lowest BCUT2D eigenvalue weighted by Crippen LogP contribution is -2.32. The summed E-state index contributed by atoms with van der Waals surface area (Å²) in [5, 5.41) is 2.81. The number of nitrogens with zero attached hydrogens (tertiary/aromatic N) is 2. The first-order valence-corrected chi connectivity index (χ1v) is 9.79. The molecular weight excluding hydrogens is 388 g/mol. The Morgan fingerprint density at radius 2 is 1.90 bits per heavy atom. The van der Waals surface area contributed by atoms with E-state index in [0.717, 1.165) is 11.3 Å². The molecule has 2 atom stereocenters. The van der Waals surface area contributed by atoms with Crippen LogP contribution in [0, 0.1) is 12.8 Å². The van der Waals surface area contributed by atoms with Gasteiger partial charge in [0.1, 0.15) is 0 Å². The minimum Gasteiger partial charge on any atom is -0.338 e. The third-order valence-electron chi connectivity index (χ3n) is 5.94. The molecule has 0 saturated carbocycles. The molecule has 0 radical (unpaired) electrons. The van der Waals surface area contributed by atoms with E-state index in [2.05, 4.69) is 17.4 Å². The fraction of sp³-hybridized carbons (Fsp3) is 0.364. The van der Waals surface area contributed by atoms with Crippen LogP contribution in [0.4, 0.5) is 10.5 Å². The Hall–Kier alpha value is -2.57. The Morgan fingerprint density at radius 1 is 1.14 bits per heavy atom. The van der Waals surface area contributed by atoms with Gasteiger partial charge in [-0.05, 0) is 42.6 Å². The summed E-state index contributed by atoms with van der Waals surface area (Å²) in [4.78, 5) is 29.0. The van der Waals surface area contributed by atoms with Gasteiger partial charge in [0.25, 0.3) is 5.91 Å². The van der Waals surface area contributed by atoms with E-state index < -0.39 is 0 Å². The fourth-order valence-corrected chi connectivity index (χ4v) is 4.37. The smallest absolute Gasteiger partial charge is 0.322 e. The molecule has 3 N–H and O–H groups in total. The van der Waals surface area contributed by atoms with E-state index in [1.165, 1.54) is 5.56 Å². The van der Waals surface area contributed by atoms with Gasteiger partial charge in [0.2, 0.25) is 0 Å². The van der Waals surface area contributed by atoms with Gasteiger partial charge in [-0.15, -0.1) is 12.4 Å². The van der Waals surface area contributed by atoms with Crippen molar-refractivity contribution < 1.29 is 9.59 Å². The number of likely N-dealkylation sites (tertiary alicyclic amines) is 1. The van der Waals surface area contributed by atoms with Crippen LogP contribution in [0.5, 0.6) is 0 Å². The van der Waals surface area contributed by atoms with Crippen LogP contribution >= 0.6 is 12.4 Å². The van der Waals surface area contributed by atoms with Gasteiger partial charge in [-0.25, -0.2) is 4.79 Å². The maximum absolute atomic E-state index is 13.3. The highest BCUT2D eigenvalue weighted by Crippen LogP contribution is 2.34. The summed E-state index contributed by atoms with van der Waals surface area (Å²) in [7, 11) is 0. The summed E-state index contributed by atoms with van der Waals surface area (Å²) in [6.45, 7) is 5.03. The zero-order chi connectivity index (χ0) is 19.7. The van der Waals surface area contributed by atoms with Crippen molar-refractivity contribution in [2.24, 2.45) is 11.7 Å². The second-order valence-electron chi connectivity index (χ2n) is 7.56. The number of hydrogen-bond donors (Lipinski definition) is 2. The number of nitrogens with two attached hydrogens (primary N) is 1. The molecule has 0 bridgehead atoms. The number of rotatable bonds is 4. The van der Waals surface area contributed by atoms with Gasteiger partial charge in [0, 0.05) is 43.3 Å². The van der Waals surface area contributed by atoms with Crippen LogP contribution in [0.15, 0.2) is 48.5 Å². The molecule has 2 aliphatic heterocycles. The van der Waals surface area contributed by atoms with Gasteiger partial charge in [0.15, 0.2) is 0 Å². The predicted molar refractivity (Wildman–Crippen MR) is 117 cm³/mol. The van der Waals surface area contributed by atoms with E-state index >= 15 is 0 Å². The second-order valence-corrected chi connectivity index (χ2v) is 7.56. The number of halogens is 1. The summed E-state index contributed by atoms with van der Waals surface area (Å²) in [6.07, 6.45) is 0. The first kappa shape index (κ1) is 21.1. The maximum Gasteiger partial charge on any atom is 0.322 e. The standard InChI is InChI=1S/C22H26N4O2.ClH/c1-15-18(8-5-9-20(15)26-11-10-24-22(26)28)21(27)25-13-17(12-23)19(14-25)16-6-3-2-4-7-16;/h2-9,17,19H,10-14,23H2,1H3,(H,24,28);1H/t17-,19+;/m1./s1. The molecule has 0 aromatic heterocycles. The number of urea groups is 1. The lowest BCUT2D eigenvalue weighted by molar-refractivity contribution is 0.0785. The monoisotopic (exact) mass is 414 g/mol. The van der Waals surface area contributed by atoms with Crippen molar-refractivity contribution in [2.45, 2.75) is 12.8 Å². The topological polar surface area (TPSA) is 78.7 Å².